The van der Waals surface area contributed by atoms with Crippen molar-refractivity contribution in [1.29, 1.82) is 0 Å². The zero-order valence-corrected chi connectivity index (χ0v) is 5.49. The van der Waals surface area contributed by atoms with Crippen molar-refractivity contribution in [2.45, 2.75) is 0 Å². The molecule has 1 aromatic rings. The van der Waals surface area contributed by atoms with E-state index in [0.717, 1.165) is 5.82 Å². The number of nitrogens with zero attached hydrogens (tertiary/aromatic N) is 1. The third-order valence-electron chi connectivity index (χ3n) is 0.992. The van der Waals surface area contributed by atoms with Gasteiger partial charge >= 0.3 is 0 Å². The van der Waals surface area contributed by atoms with Crippen LogP contribution in [-0.2, 0) is 0 Å². The number of anilines is 1. The summed E-state index contributed by atoms with van der Waals surface area (Å²) in [5.41, 5.74) is 0. The van der Waals surface area contributed by atoms with Crippen LogP contribution in [0.3, 0.4) is 0 Å². The topological polar surface area (TPSA) is 24.9 Å². The number of aromatic nitrogens is 1. The fourth-order valence-corrected chi connectivity index (χ4v) is 0.582. The third kappa shape index (κ3) is 1.93. The van der Waals surface area contributed by atoms with Gasteiger partial charge in [-0.25, -0.2) is 4.98 Å². The highest BCUT2D eigenvalue weighted by Crippen LogP contribution is 1.97. The van der Waals surface area contributed by atoms with Crippen LogP contribution in [0.1, 0.15) is 0 Å². The van der Waals surface area contributed by atoms with Crippen molar-refractivity contribution in [2.24, 2.45) is 0 Å². The lowest BCUT2D eigenvalue weighted by atomic mass is 10.2. The first-order valence-corrected chi connectivity index (χ1v) is 2.98. The van der Waals surface area contributed by atoms with Gasteiger partial charge in [0, 0.05) is 6.20 Å². The molecule has 1 rings (SSSR count). The number of rotatable bonds is 2. The molecule has 1 N–H and O–H groups in total. The lowest BCUT2D eigenvalue weighted by Gasteiger charge is -1.95. The van der Waals surface area contributed by atoms with E-state index >= 15 is 0 Å². The van der Waals surface area contributed by atoms with Crippen molar-refractivity contribution in [1.82, 2.24) is 4.98 Å². The second-order valence-corrected chi connectivity index (χ2v) is 1.72. The second-order valence-electron chi connectivity index (χ2n) is 1.72. The Hall–Kier alpha value is -1.25. The first-order chi connectivity index (χ1) is 4.93. The van der Waals surface area contributed by atoms with Crippen LogP contribution in [0.2, 0.25) is 0 Å². The summed E-state index contributed by atoms with van der Waals surface area (Å²) in [7, 11) is 5.11. The molecule has 0 aliphatic heterocycles. The predicted molar refractivity (Wildman–Crippen MR) is 42.8 cm³/mol. The van der Waals surface area contributed by atoms with Gasteiger partial charge in [-0.2, -0.15) is 0 Å². The summed E-state index contributed by atoms with van der Waals surface area (Å²) in [6.07, 6.45) is 3.34. The molecule has 0 fully saturated rings. The van der Waals surface area contributed by atoms with Crippen LogP contribution in [-0.4, -0.2) is 12.8 Å². The summed E-state index contributed by atoms with van der Waals surface area (Å²) in [6.45, 7) is 0. The molecule has 1 heterocycles. The normalized spacial score (nSPS) is 10.0. The van der Waals surface area contributed by atoms with Crippen LogP contribution < -0.4 is 5.32 Å². The van der Waals surface area contributed by atoms with Crippen LogP contribution in [0.4, 0.5) is 5.82 Å². The first-order valence-electron chi connectivity index (χ1n) is 2.98. The van der Waals surface area contributed by atoms with E-state index in [0.29, 0.717) is 0 Å². The van der Waals surface area contributed by atoms with Gasteiger partial charge in [-0.15, -0.1) is 5.98 Å². The van der Waals surface area contributed by atoms with Crippen molar-refractivity contribution in [3.63, 3.8) is 0 Å². The number of hydrogen-bond acceptors (Lipinski definition) is 2. The molecule has 0 saturated carbocycles. The number of nitrogens with one attached hydrogen (secondary N) is 1. The SMILES string of the molecule is [B]/C=C\Nc1ccccn1. The molecule has 48 valence electrons. The van der Waals surface area contributed by atoms with E-state index in [1.54, 1.807) is 12.4 Å². The summed E-state index contributed by atoms with van der Waals surface area (Å²) in [4.78, 5) is 4.00. The van der Waals surface area contributed by atoms with Gasteiger partial charge in [0.05, 0.1) is 0 Å². The largest absolute Gasteiger partial charge is 0.348 e. The highest BCUT2D eigenvalue weighted by Gasteiger charge is 1.82. The maximum absolute atomic E-state index is 5.11. The molecule has 0 aliphatic rings. The molecule has 10 heavy (non-hydrogen) atoms. The Morgan fingerprint density at radius 1 is 1.50 bits per heavy atom. The Labute approximate surface area is 61.4 Å². The van der Waals surface area contributed by atoms with Crippen LogP contribution in [0.25, 0.3) is 0 Å². The highest BCUT2D eigenvalue weighted by atomic mass is 15.0. The molecular formula is C7H7BN2. The molecule has 0 saturated heterocycles. The molecular weight excluding hydrogens is 123 g/mol. The van der Waals surface area contributed by atoms with Crippen LogP contribution in [0, 0.1) is 0 Å². The van der Waals surface area contributed by atoms with Crippen LogP contribution >= 0.6 is 0 Å². The third-order valence-corrected chi connectivity index (χ3v) is 0.992. The Kier molecular flexibility index (Phi) is 2.55. The maximum Gasteiger partial charge on any atom is 0.129 e. The standard InChI is InChI=1S/C7H7BN2/c8-4-6-10-7-3-1-2-5-9-7/h1-6H,(H,9,10)/b6-4-. The number of pyridine rings is 1. The Balaban J connectivity index is 2.59. The average Bonchev–Trinajstić information content (AvgIpc) is 2.03. The van der Waals surface area contributed by atoms with E-state index < -0.39 is 0 Å². The lowest BCUT2D eigenvalue weighted by molar-refractivity contribution is 1.31. The maximum atomic E-state index is 5.11. The van der Waals surface area contributed by atoms with Gasteiger partial charge < -0.3 is 5.32 Å². The molecule has 3 heteroatoms. The van der Waals surface area contributed by atoms with Crippen molar-refractivity contribution in [2.75, 3.05) is 5.32 Å². The van der Waals surface area contributed by atoms with E-state index in [-0.39, 0.29) is 0 Å². The molecule has 0 atom stereocenters. The molecule has 0 amide bonds. The molecule has 0 aliphatic carbocycles. The van der Waals surface area contributed by atoms with E-state index in [1.807, 2.05) is 18.2 Å². The second kappa shape index (κ2) is 3.72. The van der Waals surface area contributed by atoms with E-state index in [4.69, 9.17) is 7.85 Å². The van der Waals surface area contributed by atoms with Crippen molar-refractivity contribution in [3.8, 4) is 0 Å². The Morgan fingerprint density at radius 3 is 3.00 bits per heavy atom. The molecule has 0 unspecified atom stereocenters. The minimum atomic E-state index is 0.796. The van der Waals surface area contributed by atoms with E-state index in [2.05, 4.69) is 10.3 Å². The molecule has 2 nitrogen and oxygen atoms in total. The van der Waals surface area contributed by atoms with Gasteiger partial charge in [0.2, 0.25) is 0 Å². The van der Waals surface area contributed by atoms with Gasteiger partial charge in [-0.3, -0.25) is 0 Å². The highest BCUT2D eigenvalue weighted by molar-refractivity contribution is 6.17. The fourth-order valence-electron chi connectivity index (χ4n) is 0.582. The van der Waals surface area contributed by atoms with Crippen molar-refractivity contribution < 1.29 is 0 Å². The zero-order valence-electron chi connectivity index (χ0n) is 5.49. The summed E-state index contributed by atoms with van der Waals surface area (Å²) >= 11 is 0. The molecule has 1 aromatic heterocycles. The van der Waals surface area contributed by atoms with Gasteiger partial charge in [-0.05, 0) is 18.3 Å². The smallest absolute Gasteiger partial charge is 0.129 e. The van der Waals surface area contributed by atoms with E-state index in [1.165, 1.54) is 5.98 Å². The van der Waals surface area contributed by atoms with Gasteiger partial charge in [0.15, 0.2) is 0 Å². The summed E-state index contributed by atoms with van der Waals surface area (Å²) in [5, 5.41) is 2.88. The molecule has 0 aromatic carbocycles. The van der Waals surface area contributed by atoms with Gasteiger partial charge in [-0.1, -0.05) is 6.07 Å². The Bertz CT molecular complexity index is 208. The first kappa shape index (κ1) is 6.87. The molecule has 0 spiro atoms. The van der Waals surface area contributed by atoms with Crippen LogP contribution in [0.5, 0.6) is 0 Å². The van der Waals surface area contributed by atoms with Gasteiger partial charge in [0.1, 0.15) is 13.7 Å². The number of hydrogen-bond donors (Lipinski definition) is 1. The quantitative estimate of drug-likeness (QED) is 0.607. The van der Waals surface area contributed by atoms with Crippen molar-refractivity contribution >= 4 is 13.7 Å². The fraction of sp³-hybridized carbons (Fsp3) is 0. The summed E-state index contributed by atoms with van der Waals surface area (Å²) in [6, 6.07) is 5.62. The summed E-state index contributed by atoms with van der Waals surface area (Å²) in [5.74, 6) is 2.22. The summed E-state index contributed by atoms with van der Waals surface area (Å²) < 4.78 is 0. The lowest BCUT2D eigenvalue weighted by Crippen LogP contribution is -1.88. The van der Waals surface area contributed by atoms with Crippen molar-refractivity contribution in [3.05, 3.63) is 36.6 Å². The molecule has 0 bridgehead atoms. The minimum Gasteiger partial charge on any atom is -0.348 e. The Morgan fingerprint density at radius 2 is 2.40 bits per heavy atom. The minimum absolute atomic E-state index is 0.796. The zero-order chi connectivity index (χ0) is 7.23. The average molecular weight is 130 g/mol. The monoisotopic (exact) mass is 130 g/mol. The van der Waals surface area contributed by atoms with Gasteiger partial charge in [0.25, 0.3) is 0 Å². The van der Waals surface area contributed by atoms with E-state index in [9.17, 15) is 0 Å². The predicted octanol–water partition coefficient (Wildman–Crippen LogP) is 1.13. The molecule has 2 radical (unpaired) electrons. The van der Waals surface area contributed by atoms with Crippen LogP contribution in [0.15, 0.2) is 36.6 Å².